The zero-order valence-corrected chi connectivity index (χ0v) is 16.3. The zero-order valence-electron chi connectivity index (χ0n) is 16.3. The van der Waals surface area contributed by atoms with Gasteiger partial charge in [0.2, 0.25) is 0 Å². The monoisotopic (exact) mass is 379 g/mol. The number of nitrogens with one attached hydrogen (secondary N) is 3. The van der Waals surface area contributed by atoms with E-state index in [2.05, 4.69) is 25.5 Å². The lowest BCUT2D eigenvalue weighted by molar-refractivity contribution is 0.0952. The molecule has 3 aromatic rings. The highest BCUT2D eigenvalue weighted by molar-refractivity contribution is 5.95. The van der Waals surface area contributed by atoms with Crippen molar-refractivity contribution in [2.45, 2.75) is 33.4 Å². The van der Waals surface area contributed by atoms with Crippen molar-refractivity contribution in [1.29, 1.82) is 0 Å². The first-order valence-electron chi connectivity index (χ1n) is 9.31. The molecule has 1 heterocycles. The first kappa shape index (κ1) is 19.4. The summed E-state index contributed by atoms with van der Waals surface area (Å²) < 4.78 is 2.09. The maximum atomic E-state index is 12.4. The lowest BCUT2D eigenvalue weighted by Crippen LogP contribution is -2.34. The van der Waals surface area contributed by atoms with Crippen molar-refractivity contribution in [2.24, 2.45) is 0 Å². The predicted molar refractivity (Wildman–Crippen MR) is 111 cm³/mol. The lowest BCUT2D eigenvalue weighted by atomic mass is 10.2. The number of para-hydroxylation sites is 2. The fourth-order valence-corrected chi connectivity index (χ4v) is 3.00. The van der Waals surface area contributed by atoms with Crippen LogP contribution in [0.5, 0.6) is 0 Å². The van der Waals surface area contributed by atoms with Gasteiger partial charge in [-0.3, -0.25) is 4.79 Å². The van der Waals surface area contributed by atoms with E-state index in [0.29, 0.717) is 24.3 Å². The number of fused-ring (bicyclic) bond motifs is 1. The number of anilines is 1. The van der Waals surface area contributed by atoms with Crippen LogP contribution in [-0.4, -0.2) is 34.1 Å². The summed E-state index contributed by atoms with van der Waals surface area (Å²) in [5.41, 5.74) is 3.19. The number of hydrogen-bond donors (Lipinski definition) is 3. The largest absolute Gasteiger partial charge is 0.350 e. The van der Waals surface area contributed by atoms with Crippen LogP contribution < -0.4 is 16.0 Å². The number of carbonyl (C=O) groups is 2. The average molecular weight is 379 g/mol. The predicted octanol–water partition coefficient (Wildman–Crippen LogP) is 3.30. The molecule has 0 unspecified atom stereocenters. The number of aromatic nitrogens is 2. The molecule has 7 nitrogen and oxygen atoms in total. The van der Waals surface area contributed by atoms with E-state index in [1.165, 1.54) is 0 Å². The molecule has 7 heteroatoms. The topological polar surface area (TPSA) is 88.1 Å². The zero-order chi connectivity index (χ0) is 20.1. The molecule has 0 spiro atoms. The molecule has 0 radical (unpaired) electrons. The standard InChI is InChI=1S/C21H25N5O2/c1-14(2)23-21(28)25-17-10-8-16(9-11-17)20(27)22-12-13-26-15(3)24-18-6-4-5-7-19(18)26/h4-11,14H,12-13H2,1-3H3,(H,22,27)(H2,23,25,28). The summed E-state index contributed by atoms with van der Waals surface area (Å²) >= 11 is 0. The number of benzene rings is 2. The van der Waals surface area contributed by atoms with E-state index in [9.17, 15) is 9.59 Å². The van der Waals surface area contributed by atoms with E-state index in [4.69, 9.17) is 0 Å². The Balaban J connectivity index is 1.55. The Bertz CT molecular complexity index is 976. The summed E-state index contributed by atoms with van der Waals surface area (Å²) in [7, 11) is 0. The first-order chi connectivity index (χ1) is 13.4. The van der Waals surface area contributed by atoms with E-state index in [1.807, 2.05) is 45.0 Å². The van der Waals surface area contributed by atoms with Crippen molar-refractivity contribution in [3.63, 3.8) is 0 Å². The van der Waals surface area contributed by atoms with Crippen LogP contribution in [0, 0.1) is 6.92 Å². The number of nitrogens with zero attached hydrogens (tertiary/aromatic N) is 2. The molecule has 0 saturated heterocycles. The smallest absolute Gasteiger partial charge is 0.319 e. The fourth-order valence-electron chi connectivity index (χ4n) is 3.00. The molecule has 0 aliphatic carbocycles. The van der Waals surface area contributed by atoms with Crippen LogP contribution in [0.15, 0.2) is 48.5 Å². The van der Waals surface area contributed by atoms with Gasteiger partial charge in [0.25, 0.3) is 5.91 Å². The van der Waals surface area contributed by atoms with Gasteiger partial charge in [-0.2, -0.15) is 0 Å². The molecular weight excluding hydrogens is 354 g/mol. The minimum atomic E-state index is -0.268. The van der Waals surface area contributed by atoms with Crippen LogP contribution >= 0.6 is 0 Å². The maximum Gasteiger partial charge on any atom is 0.319 e. The van der Waals surface area contributed by atoms with Crippen molar-refractivity contribution >= 4 is 28.7 Å². The Labute approximate surface area is 164 Å². The Morgan fingerprint density at radius 1 is 1.07 bits per heavy atom. The van der Waals surface area contributed by atoms with Crippen molar-refractivity contribution in [3.8, 4) is 0 Å². The summed E-state index contributed by atoms with van der Waals surface area (Å²) in [6.45, 7) is 6.88. The molecule has 1 aromatic heterocycles. The highest BCUT2D eigenvalue weighted by Crippen LogP contribution is 2.15. The van der Waals surface area contributed by atoms with Crippen LogP contribution in [0.1, 0.15) is 30.0 Å². The molecule has 146 valence electrons. The van der Waals surface area contributed by atoms with Gasteiger partial charge in [0, 0.05) is 30.4 Å². The third-order valence-corrected chi connectivity index (χ3v) is 4.29. The second-order valence-corrected chi connectivity index (χ2v) is 6.89. The summed E-state index contributed by atoms with van der Waals surface area (Å²) in [4.78, 5) is 28.6. The Kier molecular flexibility index (Phi) is 5.93. The van der Waals surface area contributed by atoms with Gasteiger partial charge in [-0.25, -0.2) is 9.78 Å². The Morgan fingerprint density at radius 3 is 2.50 bits per heavy atom. The highest BCUT2D eigenvalue weighted by Gasteiger charge is 2.09. The number of amides is 3. The quantitative estimate of drug-likeness (QED) is 0.614. The highest BCUT2D eigenvalue weighted by atomic mass is 16.2. The third-order valence-electron chi connectivity index (χ3n) is 4.29. The van der Waals surface area contributed by atoms with Crippen LogP contribution in [0.4, 0.5) is 10.5 Å². The van der Waals surface area contributed by atoms with E-state index in [0.717, 1.165) is 16.9 Å². The molecule has 0 aliphatic heterocycles. The molecular formula is C21H25N5O2. The van der Waals surface area contributed by atoms with Crippen LogP contribution in [0.25, 0.3) is 11.0 Å². The molecule has 3 N–H and O–H groups in total. The van der Waals surface area contributed by atoms with E-state index >= 15 is 0 Å². The van der Waals surface area contributed by atoms with Gasteiger partial charge in [0.05, 0.1) is 11.0 Å². The van der Waals surface area contributed by atoms with Crippen LogP contribution in [-0.2, 0) is 6.54 Å². The second-order valence-electron chi connectivity index (χ2n) is 6.89. The third kappa shape index (κ3) is 4.68. The van der Waals surface area contributed by atoms with E-state index in [-0.39, 0.29) is 18.0 Å². The minimum absolute atomic E-state index is 0.0568. The molecule has 0 aliphatic rings. The molecule has 28 heavy (non-hydrogen) atoms. The molecule has 0 bridgehead atoms. The lowest BCUT2D eigenvalue weighted by Gasteiger charge is -2.11. The van der Waals surface area contributed by atoms with Gasteiger partial charge in [-0.15, -0.1) is 0 Å². The number of carbonyl (C=O) groups excluding carboxylic acids is 2. The van der Waals surface area contributed by atoms with Crippen molar-refractivity contribution in [2.75, 3.05) is 11.9 Å². The molecule has 2 aromatic carbocycles. The van der Waals surface area contributed by atoms with E-state index in [1.54, 1.807) is 24.3 Å². The van der Waals surface area contributed by atoms with E-state index < -0.39 is 0 Å². The van der Waals surface area contributed by atoms with Gasteiger partial charge >= 0.3 is 6.03 Å². The molecule has 3 rings (SSSR count). The van der Waals surface area contributed by atoms with Gasteiger partial charge in [-0.05, 0) is 57.2 Å². The Morgan fingerprint density at radius 2 is 1.79 bits per heavy atom. The van der Waals surface area contributed by atoms with Crippen molar-refractivity contribution in [3.05, 3.63) is 59.9 Å². The summed E-state index contributed by atoms with van der Waals surface area (Å²) in [5, 5.41) is 8.41. The van der Waals surface area contributed by atoms with Crippen molar-refractivity contribution < 1.29 is 9.59 Å². The second kappa shape index (κ2) is 8.56. The summed E-state index contributed by atoms with van der Waals surface area (Å²) in [6.07, 6.45) is 0. The van der Waals surface area contributed by atoms with Gasteiger partial charge in [0.1, 0.15) is 5.82 Å². The number of urea groups is 1. The Hall–Kier alpha value is -3.35. The SMILES string of the molecule is Cc1nc2ccccc2n1CCNC(=O)c1ccc(NC(=O)NC(C)C)cc1. The minimum Gasteiger partial charge on any atom is -0.350 e. The number of imidazole rings is 1. The van der Waals surface area contributed by atoms with Gasteiger partial charge in [0.15, 0.2) is 0 Å². The fraction of sp³-hybridized carbons (Fsp3) is 0.286. The van der Waals surface area contributed by atoms with Crippen LogP contribution in [0.2, 0.25) is 0 Å². The first-order valence-corrected chi connectivity index (χ1v) is 9.31. The van der Waals surface area contributed by atoms with Crippen LogP contribution in [0.3, 0.4) is 0 Å². The number of hydrogen-bond acceptors (Lipinski definition) is 3. The maximum absolute atomic E-state index is 12.4. The molecule has 0 fully saturated rings. The normalized spacial score (nSPS) is 10.9. The molecule has 3 amide bonds. The summed E-state index contributed by atoms with van der Waals surface area (Å²) in [6, 6.07) is 14.5. The average Bonchev–Trinajstić information content (AvgIpc) is 2.97. The van der Waals surface area contributed by atoms with Gasteiger partial charge < -0.3 is 20.5 Å². The van der Waals surface area contributed by atoms with Gasteiger partial charge in [-0.1, -0.05) is 12.1 Å². The number of aryl methyl sites for hydroxylation is 1. The number of rotatable bonds is 6. The summed E-state index contributed by atoms with van der Waals surface area (Å²) in [5.74, 6) is 0.769. The molecule has 0 atom stereocenters. The van der Waals surface area contributed by atoms with Crippen molar-refractivity contribution in [1.82, 2.24) is 20.2 Å². The molecule has 0 saturated carbocycles.